The van der Waals surface area contributed by atoms with E-state index in [1.165, 1.54) is 23.4 Å². The molecular formula is C21H33N3O5S. The third-order valence-corrected chi connectivity index (χ3v) is 6.87. The number of piperidine rings is 1. The molecule has 30 heavy (non-hydrogen) atoms. The fraction of sp³-hybridized carbons (Fsp3) is 0.619. The van der Waals surface area contributed by atoms with Gasteiger partial charge in [-0.1, -0.05) is 0 Å². The first kappa shape index (κ1) is 24.3. The lowest BCUT2D eigenvalue weighted by molar-refractivity contribution is -0.122. The number of nitrogens with zero attached hydrogens (tertiary/aromatic N) is 1. The molecule has 1 fully saturated rings. The summed E-state index contributed by atoms with van der Waals surface area (Å²) in [6.45, 7) is 7.37. The highest BCUT2D eigenvalue weighted by atomic mass is 32.2. The molecule has 1 aromatic carbocycles. The van der Waals surface area contributed by atoms with Crippen molar-refractivity contribution in [3.63, 3.8) is 0 Å². The van der Waals surface area contributed by atoms with Crippen LogP contribution in [0.5, 0.6) is 0 Å². The van der Waals surface area contributed by atoms with Crippen molar-refractivity contribution in [2.45, 2.75) is 57.5 Å². The molecule has 2 N–H and O–H groups in total. The number of carbonyl (C=O) groups is 2. The fourth-order valence-electron chi connectivity index (χ4n) is 3.37. The van der Waals surface area contributed by atoms with Crippen LogP contribution in [0.4, 0.5) is 5.69 Å². The van der Waals surface area contributed by atoms with Crippen LogP contribution in [0.25, 0.3) is 0 Å². The molecule has 0 bridgehead atoms. The summed E-state index contributed by atoms with van der Waals surface area (Å²) in [6.07, 6.45) is 2.71. The predicted octanol–water partition coefficient (Wildman–Crippen LogP) is 2.37. The van der Waals surface area contributed by atoms with Crippen LogP contribution in [0.3, 0.4) is 0 Å². The summed E-state index contributed by atoms with van der Waals surface area (Å²) in [5, 5.41) is 5.53. The second-order valence-corrected chi connectivity index (χ2v) is 9.82. The highest BCUT2D eigenvalue weighted by molar-refractivity contribution is 7.89. The number of sulfonamides is 1. The zero-order valence-corrected chi connectivity index (χ0v) is 18.8. The first-order valence-electron chi connectivity index (χ1n) is 10.4. The minimum Gasteiger partial charge on any atom is -0.379 e. The first-order chi connectivity index (χ1) is 14.2. The SMILES string of the molecule is CC(=O)Nc1ccc(S(=O)(=O)N2CCC(CC(=O)NCCCOC(C)C)CC2)cc1. The Morgan fingerprint density at radius 3 is 2.37 bits per heavy atom. The van der Waals surface area contributed by atoms with E-state index in [1.54, 1.807) is 12.1 Å². The Morgan fingerprint density at radius 2 is 1.80 bits per heavy atom. The van der Waals surface area contributed by atoms with Crippen LogP contribution in [-0.4, -0.2) is 56.9 Å². The van der Waals surface area contributed by atoms with E-state index in [0.29, 0.717) is 51.2 Å². The topological polar surface area (TPSA) is 105 Å². The maximum absolute atomic E-state index is 12.8. The van der Waals surface area contributed by atoms with Gasteiger partial charge in [0.15, 0.2) is 0 Å². The monoisotopic (exact) mass is 439 g/mol. The van der Waals surface area contributed by atoms with Crippen molar-refractivity contribution in [1.29, 1.82) is 0 Å². The van der Waals surface area contributed by atoms with Gasteiger partial charge in [0.05, 0.1) is 11.0 Å². The largest absolute Gasteiger partial charge is 0.379 e. The predicted molar refractivity (Wildman–Crippen MR) is 116 cm³/mol. The Kier molecular flexibility index (Phi) is 9.26. The summed E-state index contributed by atoms with van der Waals surface area (Å²) in [6, 6.07) is 6.17. The van der Waals surface area contributed by atoms with E-state index in [4.69, 9.17) is 4.74 Å². The molecule has 1 aliphatic heterocycles. The minimum absolute atomic E-state index is 0.00872. The molecule has 0 spiro atoms. The molecule has 0 unspecified atom stereocenters. The summed E-state index contributed by atoms with van der Waals surface area (Å²) >= 11 is 0. The van der Waals surface area contributed by atoms with Crippen LogP contribution in [0.1, 0.15) is 46.5 Å². The molecule has 8 nitrogen and oxygen atoms in total. The van der Waals surface area contributed by atoms with Crippen molar-refractivity contribution in [2.24, 2.45) is 5.92 Å². The Bertz CT molecular complexity index is 800. The molecular weight excluding hydrogens is 406 g/mol. The van der Waals surface area contributed by atoms with Crippen LogP contribution in [-0.2, 0) is 24.3 Å². The molecule has 2 rings (SSSR count). The second kappa shape index (κ2) is 11.4. The van der Waals surface area contributed by atoms with Gasteiger partial charge in [0, 0.05) is 45.3 Å². The van der Waals surface area contributed by atoms with E-state index in [9.17, 15) is 18.0 Å². The van der Waals surface area contributed by atoms with Gasteiger partial charge in [-0.2, -0.15) is 4.31 Å². The number of anilines is 1. The smallest absolute Gasteiger partial charge is 0.243 e. The Morgan fingerprint density at radius 1 is 1.17 bits per heavy atom. The first-order valence-corrected chi connectivity index (χ1v) is 11.9. The lowest BCUT2D eigenvalue weighted by atomic mass is 9.94. The molecule has 0 radical (unpaired) electrons. The van der Waals surface area contributed by atoms with Crippen molar-refractivity contribution in [3.8, 4) is 0 Å². The van der Waals surface area contributed by atoms with Gasteiger partial charge in [0.25, 0.3) is 0 Å². The van der Waals surface area contributed by atoms with Crippen LogP contribution in [0.2, 0.25) is 0 Å². The van der Waals surface area contributed by atoms with Crippen molar-refractivity contribution in [3.05, 3.63) is 24.3 Å². The van der Waals surface area contributed by atoms with Crippen LogP contribution < -0.4 is 10.6 Å². The zero-order valence-electron chi connectivity index (χ0n) is 18.0. The minimum atomic E-state index is -3.58. The molecule has 0 aliphatic carbocycles. The van der Waals surface area contributed by atoms with Crippen molar-refractivity contribution < 1.29 is 22.7 Å². The summed E-state index contributed by atoms with van der Waals surface area (Å²) in [7, 11) is -3.58. The van der Waals surface area contributed by atoms with E-state index >= 15 is 0 Å². The van der Waals surface area contributed by atoms with Gasteiger partial charge in [0.2, 0.25) is 21.8 Å². The molecule has 9 heteroatoms. The van der Waals surface area contributed by atoms with Gasteiger partial charge in [0.1, 0.15) is 0 Å². The molecule has 168 valence electrons. The number of ether oxygens (including phenoxy) is 1. The van der Waals surface area contributed by atoms with Crippen LogP contribution in [0.15, 0.2) is 29.2 Å². The number of nitrogens with one attached hydrogen (secondary N) is 2. The van der Waals surface area contributed by atoms with Gasteiger partial charge < -0.3 is 15.4 Å². The summed E-state index contributed by atoms with van der Waals surface area (Å²) in [4.78, 5) is 23.4. The van der Waals surface area contributed by atoms with E-state index in [2.05, 4.69) is 10.6 Å². The average molecular weight is 440 g/mol. The molecule has 1 aliphatic rings. The molecule has 0 saturated carbocycles. The summed E-state index contributed by atoms with van der Waals surface area (Å²) in [5.74, 6) is -0.0134. The fourth-order valence-corrected chi connectivity index (χ4v) is 4.84. The molecule has 0 aromatic heterocycles. The number of hydrogen-bond donors (Lipinski definition) is 2. The molecule has 1 aromatic rings. The molecule has 1 heterocycles. The number of carbonyl (C=O) groups excluding carboxylic acids is 2. The van der Waals surface area contributed by atoms with Crippen molar-refractivity contribution in [2.75, 3.05) is 31.6 Å². The van der Waals surface area contributed by atoms with Gasteiger partial charge in [-0.3, -0.25) is 9.59 Å². The molecule has 2 amide bonds. The summed E-state index contributed by atoms with van der Waals surface area (Å²) < 4.78 is 32.6. The Balaban J connectivity index is 1.77. The lowest BCUT2D eigenvalue weighted by Crippen LogP contribution is -2.39. The molecule has 1 saturated heterocycles. The van der Waals surface area contributed by atoms with Gasteiger partial charge in [-0.15, -0.1) is 0 Å². The normalized spacial score (nSPS) is 15.9. The lowest BCUT2D eigenvalue weighted by Gasteiger charge is -2.31. The standard InChI is InChI=1S/C21H33N3O5S/c1-16(2)29-14-4-11-22-21(26)15-18-9-12-24(13-10-18)30(27,28)20-7-5-19(6-8-20)23-17(3)25/h5-8,16,18H,4,9-15H2,1-3H3,(H,22,26)(H,23,25). The third kappa shape index (κ3) is 7.70. The number of benzene rings is 1. The van der Waals surface area contributed by atoms with Crippen molar-refractivity contribution >= 4 is 27.5 Å². The number of hydrogen-bond acceptors (Lipinski definition) is 5. The third-order valence-electron chi connectivity index (χ3n) is 4.95. The maximum atomic E-state index is 12.8. The van der Waals surface area contributed by atoms with Gasteiger partial charge >= 0.3 is 0 Å². The van der Waals surface area contributed by atoms with E-state index < -0.39 is 10.0 Å². The highest BCUT2D eigenvalue weighted by Crippen LogP contribution is 2.26. The maximum Gasteiger partial charge on any atom is 0.243 e. The Hall–Kier alpha value is -1.97. The Labute approximate surface area is 179 Å². The van der Waals surface area contributed by atoms with E-state index in [-0.39, 0.29) is 28.7 Å². The van der Waals surface area contributed by atoms with Crippen molar-refractivity contribution in [1.82, 2.24) is 9.62 Å². The quantitative estimate of drug-likeness (QED) is 0.545. The second-order valence-electron chi connectivity index (χ2n) is 7.88. The highest BCUT2D eigenvalue weighted by Gasteiger charge is 2.30. The molecule has 0 atom stereocenters. The zero-order chi connectivity index (χ0) is 22.1. The van der Waals surface area contributed by atoms with E-state index in [0.717, 1.165) is 6.42 Å². The average Bonchev–Trinajstić information content (AvgIpc) is 2.68. The van der Waals surface area contributed by atoms with E-state index in [1.807, 2.05) is 13.8 Å². The number of rotatable bonds is 10. The summed E-state index contributed by atoms with van der Waals surface area (Å²) in [5.41, 5.74) is 0.557. The van der Waals surface area contributed by atoms with Gasteiger partial charge in [-0.05, 0) is 63.3 Å². The number of amides is 2. The van der Waals surface area contributed by atoms with Crippen LogP contribution >= 0.6 is 0 Å². The van der Waals surface area contributed by atoms with Gasteiger partial charge in [-0.25, -0.2) is 8.42 Å². The van der Waals surface area contributed by atoms with Crippen LogP contribution in [0, 0.1) is 5.92 Å².